The number of hydrogen-bond donors (Lipinski definition) is 1. The van der Waals surface area contributed by atoms with E-state index in [1.54, 1.807) is 38.5 Å². The van der Waals surface area contributed by atoms with Gasteiger partial charge in [0.2, 0.25) is 5.91 Å². The largest absolute Gasteiger partial charge is 0.436 e. The van der Waals surface area contributed by atoms with Crippen molar-refractivity contribution in [3.8, 4) is 5.69 Å². The lowest BCUT2D eigenvalue weighted by Crippen LogP contribution is -2.37. The van der Waals surface area contributed by atoms with Crippen LogP contribution in [0.5, 0.6) is 0 Å². The highest BCUT2D eigenvalue weighted by Gasteiger charge is 2.25. The molecule has 0 spiro atoms. The monoisotopic (exact) mass is 588 g/mol. The molecule has 0 aliphatic rings. The van der Waals surface area contributed by atoms with Crippen molar-refractivity contribution in [1.82, 2.24) is 23.9 Å². The molecule has 43 heavy (non-hydrogen) atoms. The highest BCUT2D eigenvalue weighted by atomic mass is 19.1. The van der Waals surface area contributed by atoms with Crippen molar-refractivity contribution in [2.24, 2.45) is 0 Å². The van der Waals surface area contributed by atoms with Crippen molar-refractivity contribution in [3.05, 3.63) is 101 Å². The summed E-state index contributed by atoms with van der Waals surface area (Å²) in [5.41, 5.74) is 1.36. The second-order valence-electron chi connectivity index (χ2n) is 10.2. The number of carbonyl (C=O) groups is 3. The van der Waals surface area contributed by atoms with E-state index in [1.807, 2.05) is 34.9 Å². The first-order valence-electron chi connectivity index (χ1n) is 13.5. The van der Waals surface area contributed by atoms with Crippen LogP contribution < -0.4 is 10.9 Å². The number of likely N-dealkylation sites (N-methyl/N-ethyl adjacent to an activating group) is 1. The van der Waals surface area contributed by atoms with Gasteiger partial charge >= 0.3 is 6.09 Å². The topological polar surface area (TPSA) is 119 Å². The van der Waals surface area contributed by atoms with Gasteiger partial charge in [0.05, 0.1) is 17.6 Å². The van der Waals surface area contributed by atoms with Crippen molar-refractivity contribution < 1.29 is 23.5 Å². The Morgan fingerprint density at radius 2 is 1.77 bits per heavy atom. The molecule has 2 aromatic carbocycles. The minimum atomic E-state index is -1.22. The van der Waals surface area contributed by atoms with Gasteiger partial charge in [-0.25, -0.2) is 14.2 Å². The average molecular weight is 589 g/mol. The molecule has 0 aliphatic carbocycles. The first-order valence-corrected chi connectivity index (χ1v) is 13.5. The van der Waals surface area contributed by atoms with Gasteiger partial charge in [0.25, 0.3) is 11.5 Å². The number of para-hydroxylation sites is 1. The average Bonchev–Trinajstić information content (AvgIpc) is 3.33. The molecule has 11 nitrogen and oxygen atoms in total. The Labute approximate surface area is 247 Å². The number of ether oxygens (including phenoxy) is 1. The van der Waals surface area contributed by atoms with Crippen LogP contribution in [0.3, 0.4) is 0 Å². The van der Waals surface area contributed by atoms with Gasteiger partial charge < -0.3 is 24.4 Å². The van der Waals surface area contributed by atoms with Gasteiger partial charge in [-0.1, -0.05) is 24.3 Å². The standard InChI is InChI=1S/C31H33FN6O5/c1-35(2)28(39)15-9-8-14-26(43-31(42)36(3)4)29(40)34-23-13-10-18-37(30(23)41)20-27-33-24-19-21(32)16-17-25(24)38(27)22-11-6-5-7-12-22/h5-7,9-13,15-19,26H,8,14,20H2,1-4H3,(H,34,40)/b15-9+/t26-/m0/s1. The molecule has 4 aromatic rings. The SMILES string of the molecule is CN(C)C(=O)/C=C/CC[C@H](OC(=O)N(C)C)C(=O)Nc1cccn(Cc2nc3cc(F)ccc3n2-c2ccccc2)c1=O. The molecule has 12 heteroatoms. The van der Waals surface area contributed by atoms with Crippen LogP contribution in [0.4, 0.5) is 14.9 Å². The minimum absolute atomic E-state index is 0.0230. The van der Waals surface area contributed by atoms with Crippen LogP contribution in [0.2, 0.25) is 0 Å². The maximum absolute atomic E-state index is 14.0. The Bertz CT molecular complexity index is 1710. The maximum atomic E-state index is 14.0. The van der Waals surface area contributed by atoms with E-state index in [0.29, 0.717) is 16.9 Å². The summed E-state index contributed by atoms with van der Waals surface area (Å²) in [6, 6.07) is 16.7. The molecule has 2 heterocycles. The number of fused-ring (bicyclic) bond motifs is 1. The predicted molar refractivity (Wildman–Crippen MR) is 160 cm³/mol. The Morgan fingerprint density at radius 1 is 1.02 bits per heavy atom. The Kier molecular flexibility index (Phi) is 9.71. The smallest absolute Gasteiger partial charge is 0.410 e. The van der Waals surface area contributed by atoms with Crippen LogP contribution in [0.1, 0.15) is 18.7 Å². The molecule has 0 saturated heterocycles. The number of rotatable bonds is 10. The van der Waals surface area contributed by atoms with E-state index in [4.69, 9.17) is 4.74 Å². The van der Waals surface area contributed by atoms with Crippen LogP contribution in [-0.2, 0) is 20.9 Å². The predicted octanol–water partition coefficient (Wildman–Crippen LogP) is 3.80. The van der Waals surface area contributed by atoms with Gasteiger partial charge in [0.1, 0.15) is 17.3 Å². The summed E-state index contributed by atoms with van der Waals surface area (Å²) >= 11 is 0. The number of benzene rings is 2. The van der Waals surface area contributed by atoms with Crippen LogP contribution in [0, 0.1) is 5.82 Å². The van der Waals surface area contributed by atoms with Gasteiger partial charge in [-0.15, -0.1) is 0 Å². The lowest BCUT2D eigenvalue weighted by Gasteiger charge is -2.20. The molecule has 224 valence electrons. The number of hydrogen-bond acceptors (Lipinski definition) is 6. The summed E-state index contributed by atoms with van der Waals surface area (Å²) in [7, 11) is 6.21. The van der Waals surface area contributed by atoms with Gasteiger partial charge in [-0.05, 0) is 55.3 Å². The van der Waals surface area contributed by atoms with Gasteiger partial charge in [-0.2, -0.15) is 0 Å². The van der Waals surface area contributed by atoms with Crippen LogP contribution in [0.25, 0.3) is 16.7 Å². The summed E-state index contributed by atoms with van der Waals surface area (Å²) in [4.78, 5) is 57.9. The molecule has 3 amide bonds. The molecule has 2 aromatic heterocycles. The third-order valence-electron chi connectivity index (χ3n) is 6.49. The van der Waals surface area contributed by atoms with Crippen molar-refractivity contribution >= 4 is 34.6 Å². The molecule has 0 saturated carbocycles. The zero-order valence-corrected chi connectivity index (χ0v) is 24.4. The molecule has 1 atom stereocenters. The fourth-order valence-corrected chi connectivity index (χ4v) is 4.25. The molecule has 0 unspecified atom stereocenters. The number of pyridine rings is 1. The van der Waals surface area contributed by atoms with Crippen LogP contribution in [0.15, 0.2) is 83.8 Å². The molecule has 0 fully saturated rings. The van der Waals surface area contributed by atoms with Crippen molar-refractivity contribution in [1.29, 1.82) is 0 Å². The number of allylic oxidation sites excluding steroid dienone is 1. The van der Waals surface area contributed by atoms with E-state index < -0.39 is 29.5 Å². The third kappa shape index (κ3) is 7.53. The number of carbonyl (C=O) groups excluding carboxylic acids is 3. The Hall–Kier alpha value is -5.26. The summed E-state index contributed by atoms with van der Waals surface area (Å²) in [6.07, 6.45) is 2.93. The van der Waals surface area contributed by atoms with Crippen molar-refractivity contribution in [3.63, 3.8) is 0 Å². The maximum Gasteiger partial charge on any atom is 0.410 e. The van der Waals surface area contributed by atoms with Crippen LogP contribution in [-0.4, -0.2) is 76.1 Å². The number of imidazole rings is 1. The van der Waals surface area contributed by atoms with Gasteiger partial charge in [0.15, 0.2) is 6.10 Å². The third-order valence-corrected chi connectivity index (χ3v) is 6.49. The van der Waals surface area contributed by atoms with E-state index in [-0.39, 0.29) is 31.0 Å². The summed E-state index contributed by atoms with van der Waals surface area (Å²) < 4.78 is 22.6. The molecular weight excluding hydrogens is 555 g/mol. The quantitative estimate of drug-likeness (QED) is 0.282. The van der Waals surface area contributed by atoms with Gasteiger partial charge in [0, 0.05) is 46.1 Å². The molecule has 0 aliphatic heterocycles. The second-order valence-corrected chi connectivity index (χ2v) is 10.2. The zero-order chi connectivity index (χ0) is 31.1. The Balaban J connectivity index is 1.59. The van der Waals surface area contributed by atoms with E-state index >= 15 is 0 Å². The number of nitrogens with one attached hydrogen (secondary N) is 1. The van der Waals surface area contributed by atoms with Gasteiger partial charge in [-0.3, -0.25) is 19.0 Å². The first-order chi connectivity index (χ1) is 20.5. The highest BCUT2D eigenvalue weighted by Crippen LogP contribution is 2.23. The number of halogens is 1. The van der Waals surface area contributed by atoms with E-state index in [9.17, 15) is 23.6 Å². The lowest BCUT2D eigenvalue weighted by molar-refractivity contribution is -0.125. The number of amides is 3. The van der Waals surface area contributed by atoms with E-state index in [0.717, 1.165) is 5.69 Å². The van der Waals surface area contributed by atoms with Crippen molar-refractivity contribution in [2.45, 2.75) is 25.5 Å². The molecule has 0 radical (unpaired) electrons. The zero-order valence-electron chi connectivity index (χ0n) is 24.4. The number of aromatic nitrogens is 3. The van der Waals surface area contributed by atoms with Crippen LogP contribution >= 0.6 is 0 Å². The summed E-state index contributed by atoms with van der Waals surface area (Å²) in [5.74, 6) is -0.858. The first kappa shape index (κ1) is 30.7. The van der Waals surface area contributed by atoms with Crippen molar-refractivity contribution in [2.75, 3.05) is 33.5 Å². The number of nitrogens with zero attached hydrogens (tertiary/aromatic N) is 5. The summed E-state index contributed by atoms with van der Waals surface area (Å²) in [6.45, 7) is 0.0253. The second kappa shape index (κ2) is 13.6. The minimum Gasteiger partial charge on any atom is -0.436 e. The number of anilines is 1. The fourth-order valence-electron chi connectivity index (χ4n) is 4.25. The van der Waals surface area contributed by atoms with E-state index in [2.05, 4.69) is 10.3 Å². The lowest BCUT2D eigenvalue weighted by atomic mass is 10.1. The highest BCUT2D eigenvalue weighted by molar-refractivity contribution is 5.95. The summed E-state index contributed by atoms with van der Waals surface area (Å²) in [5, 5.41) is 2.58. The molecule has 1 N–H and O–H groups in total. The fraction of sp³-hybridized carbons (Fsp3) is 0.258. The molecule has 0 bridgehead atoms. The van der Waals surface area contributed by atoms with E-state index in [1.165, 1.54) is 52.7 Å². The molecular formula is C31H33FN6O5. The Morgan fingerprint density at radius 3 is 2.47 bits per heavy atom. The molecule has 4 rings (SSSR count). The normalized spacial score (nSPS) is 11.8.